The van der Waals surface area contributed by atoms with Crippen molar-refractivity contribution in [2.45, 2.75) is 38.6 Å². The molecule has 100 valence electrons. The van der Waals surface area contributed by atoms with E-state index in [1.165, 1.54) is 31.2 Å². The lowest BCUT2D eigenvalue weighted by Crippen LogP contribution is -2.35. The molecule has 1 fully saturated rings. The van der Waals surface area contributed by atoms with Gasteiger partial charge in [0.1, 0.15) is 0 Å². The highest BCUT2D eigenvalue weighted by atomic mass is 79.9. The van der Waals surface area contributed by atoms with Crippen LogP contribution in [0.15, 0.2) is 27.1 Å². The summed E-state index contributed by atoms with van der Waals surface area (Å²) in [6.07, 6.45) is 5.20. The van der Waals surface area contributed by atoms with Crippen LogP contribution < -0.4 is 11.3 Å². The van der Waals surface area contributed by atoms with Gasteiger partial charge in [-0.3, -0.25) is 11.3 Å². The van der Waals surface area contributed by atoms with Crippen molar-refractivity contribution in [1.82, 2.24) is 5.43 Å². The normalized spacial score (nSPS) is 26.0. The zero-order valence-electron chi connectivity index (χ0n) is 10.6. The maximum absolute atomic E-state index is 5.81. The van der Waals surface area contributed by atoms with Crippen molar-refractivity contribution < 1.29 is 0 Å². The number of benzene rings is 1. The Morgan fingerprint density at radius 1 is 1.33 bits per heavy atom. The standard InChI is InChI=1S/C14H20Br2N2/c1-9-3-2-4-10(7-9)14(18-17)12-6-5-11(15)8-13(12)16/h5-6,8-10,14,18H,2-4,7,17H2,1H3. The summed E-state index contributed by atoms with van der Waals surface area (Å²) in [4.78, 5) is 0. The average Bonchev–Trinajstić information content (AvgIpc) is 2.33. The molecule has 2 nitrogen and oxygen atoms in total. The van der Waals surface area contributed by atoms with Gasteiger partial charge < -0.3 is 0 Å². The second kappa shape index (κ2) is 6.51. The van der Waals surface area contributed by atoms with Crippen LogP contribution in [0.1, 0.15) is 44.2 Å². The minimum Gasteiger partial charge on any atom is -0.271 e. The summed E-state index contributed by atoms with van der Waals surface area (Å²) in [6, 6.07) is 6.57. The Balaban J connectivity index is 2.21. The largest absolute Gasteiger partial charge is 0.271 e. The average molecular weight is 376 g/mol. The van der Waals surface area contributed by atoms with Crippen molar-refractivity contribution in [2.24, 2.45) is 17.7 Å². The molecule has 3 unspecified atom stereocenters. The molecule has 0 bridgehead atoms. The van der Waals surface area contributed by atoms with Gasteiger partial charge in [-0.05, 0) is 42.4 Å². The Morgan fingerprint density at radius 3 is 2.72 bits per heavy atom. The molecule has 1 aromatic carbocycles. The maximum Gasteiger partial charge on any atom is 0.0499 e. The Morgan fingerprint density at radius 2 is 2.11 bits per heavy atom. The van der Waals surface area contributed by atoms with Crippen LogP contribution in [0.2, 0.25) is 0 Å². The summed E-state index contributed by atoms with van der Waals surface area (Å²) >= 11 is 7.14. The van der Waals surface area contributed by atoms with Gasteiger partial charge in [-0.15, -0.1) is 0 Å². The minimum atomic E-state index is 0.246. The molecule has 18 heavy (non-hydrogen) atoms. The fraction of sp³-hybridized carbons (Fsp3) is 0.571. The van der Waals surface area contributed by atoms with E-state index >= 15 is 0 Å². The number of nitrogens with one attached hydrogen (secondary N) is 1. The van der Waals surface area contributed by atoms with Crippen LogP contribution in [0, 0.1) is 11.8 Å². The molecule has 1 saturated carbocycles. The van der Waals surface area contributed by atoms with Gasteiger partial charge in [-0.25, -0.2) is 0 Å². The third-order valence-corrected chi connectivity index (χ3v) is 5.11. The lowest BCUT2D eigenvalue weighted by Gasteiger charge is -2.33. The number of hydrogen-bond acceptors (Lipinski definition) is 2. The molecular formula is C14H20Br2N2. The molecule has 0 amide bonds. The topological polar surface area (TPSA) is 38.0 Å². The Bertz CT molecular complexity index is 409. The van der Waals surface area contributed by atoms with Crippen molar-refractivity contribution in [3.63, 3.8) is 0 Å². The van der Waals surface area contributed by atoms with E-state index in [2.05, 4.69) is 62.4 Å². The van der Waals surface area contributed by atoms with Gasteiger partial charge in [-0.1, -0.05) is 57.7 Å². The first kappa shape index (κ1) is 14.5. The number of nitrogens with two attached hydrogens (primary N) is 1. The molecule has 0 aromatic heterocycles. The summed E-state index contributed by atoms with van der Waals surface area (Å²) in [5.74, 6) is 7.25. The van der Waals surface area contributed by atoms with Gasteiger partial charge >= 0.3 is 0 Å². The van der Waals surface area contributed by atoms with E-state index in [0.717, 1.165) is 14.9 Å². The summed E-state index contributed by atoms with van der Waals surface area (Å²) in [5.41, 5.74) is 4.29. The first-order valence-corrected chi connectivity index (χ1v) is 8.11. The van der Waals surface area contributed by atoms with E-state index in [1.54, 1.807) is 0 Å². The van der Waals surface area contributed by atoms with Gasteiger partial charge in [0.05, 0.1) is 0 Å². The summed E-state index contributed by atoms with van der Waals surface area (Å²) in [7, 11) is 0. The molecule has 0 saturated heterocycles. The molecule has 0 spiro atoms. The predicted molar refractivity (Wildman–Crippen MR) is 83.0 cm³/mol. The molecule has 1 aliphatic carbocycles. The molecule has 2 rings (SSSR count). The molecular weight excluding hydrogens is 356 g/mol. The van der Waals surface area contributed by atoms with Gasteiger partial charge in [0.2, 0.25) is 0 Å². The highest BCUT2D eigenvalue weighted by Gasteiger charge is 2.28. The lowest BCUT2D eigenvalue weighted by molar-refractivity contribution is 0.224. The number of hydrazine groups is 1. The third kappa shape index (κ3) is 3.35. The fourth-order valence-electron chi connectivity index (χ4n) is 3.02. The molecule has 0 heterocycles. The van der Waals surface area contributed by atoms with Crippen LogP contribution in [-0.4, -0.2) is 0 Å². The van der Waals surface area contributed by atoms with Gasteiger partial charge in [0.25, 0.3) is 0 Å². The molecule has 1 aliphatic rings. The molecule has 4 heteroatoms. The van der Waals surface area contributed by atoms with Gasteiger partial charge in [0, 0.05) is 15.0 Å². The maximum atomic E-state index is 5.81. The molecule has 3 atom stereocenters. The van der Waals surface area contributed by atoms with E-state index in [-0.39, 0.29) is 6.04 Å². The molecule has 0 aliphatic heterocycles. The van der Waals surface area contributed by atoms with Crippen LogP contribution in [0.3, 0.4) is 0 Å². The fourth-order valence-corrected chi connectivity index (χ4v) is 4.31. The predicted octanol–water partition coefficient (Wildman–Crippen LogP) is 4.54. The zero-order valence-corrected chi connectivity index (χ0v) is 13.8. The summed E-state index contributed by atoms with van der Waals surface area (Å²) in [6.45, 7) is 2.34. The Kier molecular flexibility index (Phi) is 5.24. The first-order chi connectivity index (χ1) is 8.61. The van der Waals surface area contributed by atoms with E-state index < -0.39 is 0 Å². The second-order valence-corrected chi connectivity index (χ2v) is 7.11. The van der Waals surface area contributed by atoms with Crippen molar-refractivity contribution >= 4 is 31.9 Å². The van der Waals surface area contributed by atoms with E-state index in [4.69, 9.17) is 5.84 Å². The second-order valence-electron chi connectivity index (χ2n) is 5.34. The van der Waals surface area contributed by atoms with E-state index in [0.29, 0.717) is 5.92 Å². The quantitative estimate of drug-likeness (QED) is 0.601. The minimum absolute atomic E-state index is 0.246. The Labute approximate surface area is 126 Å². The van der Waals surface area contributed by atoms with E-state index in [1.807, 2.05) is 0 Å². The highest BCUT2D eigenvalue weighted by molar-refractivity contribution is 9.11. The highest BCUT2D eigenvalue weighted by Crippen LogP contribution is 2.39. The summed E-state index contributed by atoms with van der Waals surface area (Å²) < 4.78 is 2.21. The SMILES string of the molecule is CC1CCCC(C(NN)c2ccc(Br)cc2Br)C1. The zero-order chi connectivity index (χ0) is 13.1. The van der Waals surface area contributed by atoms with Crippen molar-refractivity contribution in [1.29, 1.82) is 0 Å². The van der Waals surface area contributed by atoms with Crippen molar-refractivity contribution in [3.05, 3.63) is 32.7 Å². The number of halogens is 2. The van der Waals surface area contributed by atoms with Crippen LogP contribution >= 0.6 is 31.9 Å². The van der Waals surface area contributed by atoms with Crippen LogP contribution in [-0.2, 0) is 0 Å². The molecule has 3 N–H and O–H groups in total. The van der Waals surface area contributed by atoms with Gasteiger partial charge in [0.15, 0.2) is 0 Å². The molecule has 0 radical (unpaired) electrons. The molecule has 1 aromatic rings. The van der Waals surface area contributed by atoms with Crippen molar-refractivity contribution in [2.75, 3.05) is 0 Å². The lowest BCUT2D eigenvalue weighted by atomic mass is 9.77. The Hall–Kier alpha value is 0.1000. The number of hydrogen-bond donors (Lipinski definition) is 2. The third-order valence-electron chi connectivity index (χ3n) is 3.93. The van der Waals surface area contributed by atoms with Crippen molar-refractivity contribution in [3.8, 4) is 0 Å². The smallest absolute Gasteiger partial charge is 0.0499 e. The number of rotatable bonds is 3. The van der Waals surface area contributed by atoms with Crippen LogP contribution in [0.25, 0.3) is 0 Å². The van der Waals surface area contributed by atoms with Gasteiger partial charge in [-0.2, -0.15) is 0 Å². The van der Waals surface area contributed by atoms with Crippen LogP contribution in [0.4, 0.5) is 0 Å². The summed E-state index contributed by atoms with van der Waals surface area (Å²) in [5, 5.41) is 0. The first-order valence-electron chi connectivity index (χ1n) is 6.53. The van der Waals surface area contributed by atoms with E-state index in [9.17, 15) is 0 Å². The van der Waals surface area contributed by atoms with Crippen LogP contribution in [0.5, 0.6) is 0 Å². The monoisotopic (exact) mass is 374 g/mol.